The number of hydrogen-bond acceptors (Lipinski definition) is 2. The Balaban J connectivity index is 1.98. The van der Waals surface area contributed by atoms with E-state index >= 15 is 0 Å². The zero-order valence-corrected chi connectivity index (χ0v) is 11.5. The van der Waals surface area contributed by atoms with Crippen molar-refractivity contribution in [1.82, 2.24) is 5.32 Å². The maximum Gasteiger partial charge on any atom is 0.248 e. The van der Waals surface area contributed by atoms with E-state index in [1.165, 1.54) is 0 Å². The molecule has 1 atom stereocenters. The van der Waals surface area contributed by atoms with Gasteiger partial charge in [-0.2, -0.15) is 0 Å². The predicted molar refractivity (Wildman–Crippen MR) is 68.0 cm³/mol. The normalized spacial score (nSPS) is 30.8. The average molecular weight is 261 g/mol. The van der Waals surface area contributed by atoms with Crippen LogP contribution >= 0.6 is 0 Å². The number of ether oxygens (including phenoxy) is 1. The van der Waals surface area contributed by atoms with E-state index in [-0.39, 0.29) is 24.5 Å². The Kier molecular flexibility index (Phi) is 4.27. The number of nitrogens with one attached hydrogen (secondary N) is 1. The van der Waals surface area contributed by atoms with Gasteiger partial charge in [-0.25, -0.2) is 8.78 Å². The molecule has 1 saturated heterocycles. The molecule has 1 saturated carbocycles. The Hall–Kier alpha value is -0.220. The van der Waals surface area contributed by atoms with Crippen molar-refractivity contribution in [2.75, 3.05) is 13.2 Å². The van der Waals surface area contributed by atoms with Gasteiger partial charge in [-0.3, -0.25) is 0 Å². The number of rotatable bonds is 3. The van der Waals surface area contributed by atoms with Gasteiger partial charge in [-0.05, 0) is 31.6 Å². The third-order valence-corrected chi connectivity index (χ3v) is 4.38. The van der Waals surface area contributed by atoms with Crippen LogP contribution in [0.25, 0.3) is 0 Å². The molecule has 0 aromatic rings. The van der Waals surface area contributed by atoms with Gasteiger partial charge in [0.25, 0.3) is 0 Å². The second kappa shape index (κ2) is 5.41. The van der Waals surface area contributed by atoms with Gasteiger partial charge in [0.05, 0.1) is 12.2 Å². The summed E-state index contributed by atoms with van der Waals surface area (Å²) in [5.74, 6) is -1.83. The molecule has 1 aliphatic carbocycles. The van der Waals surface area contributed by atoms with Crippen LogP contribution in [-0.2, 0) is 4.74 Å². The molecule has 0 radical (unpaired) electrons. The SMILES string of the molecule is CC(C)CCC1NCCOC12CCC(F)(F)CC2. The fourth-order valence-corrected chi connectivity index (χ4v) is 3.17. The van der Waals surface area contributed by atoms with Gasteiger partial charge in [0.15, 0.2) is 0 Å². The first-order valence-electron chi connectivity index (χ1n) is 7.19. The van der Waals surface area contributed by atoms with Crippen LogP contribution < -0.4 is 5.32 Å². The smallest absolute Gasteiger partial charge is 0.248 e. The minimum absolute atomic E-state index is 0.0210. The lowest BCUT2D eigenvalue weighted by molar-refractivity contribution is -0.162. The highest BCUT2D eigenvalue weighted by Crippen LogP contribution is 2.44. The van der Waals surface area contributed by atoms with Gasteiger partial charge in [0, 0.05) is 25.4 Å². The van der Waals surface area contributed by atoms with E-state index in [4.69, 9.17) is 4.74 Å². The molecular formula is C14H25F2NO. The molecule has 4 heteroatoms. The van der Waals surface area contributed by atoms with Gasteiger partial charge < -0.3 is 10.1 Å². The highest BCUT2D eigenvalue weighted by molar-refractivity contribution is 5.00. The monoisotopic (exact) mass is 261 g/mol. The van der Waals surface area contributed by atoms with Crippen LogP contribution in [0.15, 0.2) is 0 Å². The van der Waals surface area contributed by atoms with Crippen molar-refractivity contribution in [2.45, 2.75) is 69.9 Å². The summed E-state index contributed by atoms with van der Waals surface area (Å²) in [6, 6.07) is 0.254. The number of morpholine rings is 1. The summed E-state index contributed by atoms with van der Waals surface area (Å²) in [7, 11) is 0. The second-order valence-electron chi connectivity index (χ2n) is 6.25. The predicted octanol–water partition coefficient (Wildman–Crippen LogP) is 3.36. The Morgan fingerprint density at radius 1 is 1.22 bits per heavy atom. The minimum Gasteiger partial charge on any atom is -0.372 e. The van der Waals surface area contributed by atoms with Crippen LogP contribution in [-0.4, -0.2) is 30.7 Å². The van der Waals surface area contributed by atoms with E-state index in [9.17, 15) is 8.78 Å². The second-order valence-corrected chi connectivity index (χ2v) is 6.25. The van der Waals surface area contributed by atoms with Crippen molar-refractivity contribution in [3.63, 3.8) is 0 Å². The van der Waals surface area contributed by atoms with E-state index in [1.54, 1.807) is 0 Å². The molecule has 2 nitrogen and oxygen atoms in total. The number of halogens is 2. The molecule has 0 aromatic carbocycles. The van der Waals surface area contributed by atoms with Gasteiger partial charge in [-0.15, -0.1) is 0 Å². The van der Waals surface area contributed by atoms with E-state index in [0.717, 1.165) is 19.4 Å². The molecule has 2 fully saturated rings. The van der Waals surface area contributed by atoms with Gasteiger partial charge in [-0.1, -0.05) is 13.8 Å². The molecule has 1 aliphatic heterocycles. The van der Waals surface area contributed by atoms with Crippen molar-refractivity contribution >= 4 is 0 Å². The number of hydrogen-bond donors (Lipinski definition) is 1. The summed E-state index contributed by atoms with van der Waals surface area (Å²) in [5, 5.41) is 3.49. The Bertz CT molecular complexity index is 271. The minimum atomic E-state index is -2.48. The highest BCUT2D eigenvalue weighted by atomic mass is 19.3. The van der Waals surface area contributed by atoms with Crippen molar-refractivity contribution in [3.8, 4) is 0 Å². The van der Waals surface area contributed by atoms with Crippen molar-refractivity contribution in [3.05, 3.63) is 0 Å². The molecule has 1 unspecified atom stereocenters. The summed E-state index contributed by atoms with van der Waals surface area (Å²) in [6.45, 7) is 5.90. The van der Waals surface area contributed by atoms with Crippen molar-refractivity contribution < 1.29 is 13.5 Å². The molecule has 2 rings (SSSR count). The maximum absolute atomic E-state index is 13.3. The van der Waals surface area contributed by atoms with Gasteiger partial charge >= 0.3 is 0 Å². The fraction of sp³-hybridized carbons (Fsp3) is 1.00. The first-order valence-corrected chi connectivity index (χ1v) is 7.19. The summed E-state index contributed by atoms with van der Waals surface area (Å²) in [4.78, 5) is 0. The Labute approximate surface area is 108 Å². The lowest BCUT2D eigenvalue weighted by Crippen LogP contribution is -2.60. The van der Waals surface area contributed by atoms with Gasteiger partial charge in [0.1, 0.15) is 0 Å². The maximum atomic E-state index is 13.3. The first kappa shape index (κ1) is 14.2. The molecule has 0 aromatic heterocycles. The summed E-state index contributed by atoms with van der Waals surface area (Å²) >= 11 is 0. The van der Waals surface area contributed by atoms with Crippen LogP contribution in [0.5, 0.6) is 0 Å². The van der Waals surface area contributed by atoms with E-state index in [2.05, 4.69) is 19.2 Å². The quantitative estimate of drug-likeness (QED) is 0.841. The average Bonchev–Trinajstić information content (AvgIpc) is 2.32. The van der Waals surface area contributed by atoms with Crippen LogP contribution in [0.4, 0.5) is 8.78 Å². The molecule has 2 aliphatic rings. The Morgan fingerprint density at radius 2 is 1.89 bits per heavy atom. The van der Waals surface area contributed by atoms with E-state index < -0.39 is 5.92 Å². The van der Waals surface area contributed by atoms with Crippen molar-refractivity contribution in [2.24, 2.45) is 5.92 Å². The van der Waals surface area contributed by atoms with E-state index in [0.29, 0.717) is 25.4 Å². The van der Waals surface area contributed by atoms with Crippen LogP contribution in [0.3, 0.4) is 0 Å². The number of alkyl halides is 2. The highest BCUT2D eigenvalue weighted by Gasteiger charge is 2.49. The summed E-state index contributed by atoms with van der Waals surface area (Å²) in [5.41, 5.74) is -0.325. The molecule has 18 heavy (non-hydrogen) atoms. The first-order chi connectivity index (χ1) is 8.44. The van der Waals surface area contributed by atoms with Gasteiger partial charge in [0.2, 0.25) is 5.92 Å². The van der Waals surface area contributed by atoms with Crippen LogP contribution in [0.1, 0.15) is 52.4 Å². The third kappa shape index (κ3) is 3.21. The lowest BCUT2D eigenvalue weighted by atomic mass is 9.75. The summed E-state index contributed by atoms with van der Waals surface area (Å²) in [6.07, 6.45) is 3.10. The van der Waals surface area contributed by atoms with Crippen LogP contribution in [0, 0.1) is 5.92 Å². The fourth-order valence-electron chi connectivity index (χ4n) is 3.17. The van der Waals surface area contributed by atoms with Crippen molar-refractivity contribution in [1.29, 1.82) is 0 Å². The molecule has 1 spiro atoms. The third-order valence-electron chi connectivity index (χ3n) is 4.38. The molecule has 1 heterocycles. The standard InChI is InChI=1S/C14H25F2NO/c1-11(2)3-4-12-13(18-10-9-17-12)5-7-14(15,16)8-6-13/h11-12,17H,3-10H2,1-2H3. The molecule has 1 N–H and O–H groups in total. The lowest BCUT2D eigenvalue weighted by Gasteiger charge is -2.48. The topological polar surface area (TPSA) is 21.3 Å². The largest absolute Gasteiger partial charge is 0.372 e. The molecule has 0 bridgehead atoms. The van der Waals surface area contributed by atoms with E-state index in [1.807, 2.05) is 0 Å². The molecule has 106 valence electrons. The Morgan fingerprint density at radius 3 is 2.50 bits per heavy atom. The zero-order chi connectivity index (χ0) is 13.2. The summed E-state index contributed by atoms with van der Waals surface area (Å²) < 4.78 is 32.6. The zero-order valence-electron chi connectivity index (χ0n) is 11.5. The molecule has 0 amide bonds. The molecular weight excluding hydrogens is 236 g/mol. The van der Waals surface area contributed by atoms with Crippen LogP contribution in [0.2, 0.25) is 0 Å².